The Kier molecular flexibility index (Phi) is 52.4. The fourth-order valence-corrected chi connectivity index (χ4v) is 7.61. The first-order chi connectivity index (χ1) is 31.6. The van der Waals surface area contributed by atoms with Crippen molar-refractivity contribution in [3.05, 3.63) is 72.9 Å². The molecule has 1 atom stereocenters. The van der Waals surface area contributed by atoms with Crippen LogP contribution in [0.3, 0.4) is 0 Å². The molecule has 0 aromatic carbocycles. The molecule has 0 fully saturated rings. The zero-order valence-corrected chi connectivity index (χ0v) is 42.5. The van der Waals surface area contributed by atoms with Crippen LogP contribution in [0.2, 0.25) is 0 Å². The van der Waals surface area contributed by atoms with Crippen molar-refractivity contribution in [3.63, 3.8) is 0 Å². The third-order valence-corrected chi connectivity index (χ3v) is 11.7. The molecule has 0 heterocycles. The summed E-state index contributed by atoms with van der Waals surface area (Å²) in [5.74, 6) is -0.443. The summed E-state index contributed by atoms with van der Waals surface area (Å²) in [5, 5.41) is 0. The maximum absolute atomic E-state index is 12.8. The monoisotopic (exact) mass is 893 g/mol. The number of carbonyl (C=O) groups excluding carboxylic acids is 2. The molecular formula is C59H104O5. The van der Waals surface area contributed by atoms with Crippen molar-refractivity contribution in [2.75, 3.05) is 19.8 Å². The van der Waals surface area contributed by atoms with Crippen LogP contribution in [0.15, 0.2) is 72.9 Å². The molecule has 0 aromatic rings. The summed E-state index contributed by atoms with van der Waals surface area (Å²) < 4.78 is 17.4. The lowest BCUT2D eigenvalue weighted by Gasteiger charge is -2.18. The van der Waals surface area contributed by atoms with Crippen molar-refractivity contribution in [2.24, 2.45) is 0 Å². The Morgan fingerprint density at radius 1 is 0.359 bits per heavy atom. The molecule has 0 aliphatic heterocycles. The summed E-state index contributed by atoms with van der Waals surface area (Å²) in [6.45, 7) is 7.66. The number of esters is 2. The van der Waals surface area contributed by atoms with E-state index in [2.05, 4.69) is 93.7 Å². The molecule has 0 N–H and O–H groups in total. The van der Waals surface area contributed by atoms with E-state index in [1.54, 1.807) is 0 Å². The summed E-state index contributed by atoms with van der Waals surface area (Å²) in [7, 11) is 0. The van der Waals surface area contributed by atoms with Gasteiger partial charge >= 0.3 is 11.9 Å². The SMILES string of the molecule is CC/C=C\C/C=C\C/C=C\CCCCCC(=O)OC(COCCCCCCCCCCCC/C=C\CCCCCCCC)COC(=O)CCCCCCC/C=C\C/C=C\CCCCC. The molecule has 0 saturated carbocycles. The Bertz CT molecular complexity index is 1150. The lowest BCUT2D eigenvalue weighted by molar-refractivity contribution is -0.163. The molecule has 0 aliphatic rings. The Balaban J connectivity index is 4.28. The van der Waals surface area contributed by atoms with Gasteiger partial charge in [0.25, 0.3) is 0 Å². The van der Waals surface area contributed by atoms with E-state index in [0.717, 1.165) is 89.9 Å². The lowest BCUT2D eigenvalue weighted by atomic mass is 10.1. The molecule has 0 aromatic heterocycles. The number of rotatable bonds is 50. The number of unbranched alkanes of at least 4 members (excludes halogenated alkanes) is 27. The smallest absolute Gasteiger partial charge is 0.306 e. The first kappa shape index (κ1) is 61.3. The van der Waals surface area contributed by atoms with Crippen LogP contribution in [0.5, 0.6) is 0 Å². The Morgan fingerprint density at radius 3 is 1.19 bits per heavy atom. The van der Waals surface area contributed by atoms with Crippen LogP contribution in [0.4, 0.5) is 0 Å². The summed E-state index contributed by atoms with van der Waals surface area (Å²) in [6, 6.07) is 0. The highest BCUT2D eigenvalue weighted by atomic mass is 16.6. The van der Waals surface area contributed by atoms with Gasteiger partial charge in [0.1, 0.15) is 6.61 Å². The van der Waals surface area contributed by atoms with Gasteiger partial charge in [-0.2, -0.15) is 0 Å². The molecule has 1 unspecified atom stereocenters. The second-order valence-corrected chi connectivity index (χ2v) is 18.1. The van der Waals surface area contributed by atoms with Crippen LogP contribution in [-0.2, 0) is 23.8 Å². The maximum atomic E-state index is 12.8. The number of carbonyl (C=O) groups is 2. The molecule has 0 spiro atoms. The van der Waals surface area contributed by atoms with Crippen LogP contribution in [0.1, 0.15) is 265 Å². The maximum Gasteiger partial charge on any atom is 0.306 e. The van der Waals surface area contributed by atoms with Gasteiger partial charge in [-0.15, -0.1) is 0 Å². The fraction of sp³-hybridized carbons (Fsp3) is 0.763. The molecule has 0 saturated heterocycles. The molecular weight excluding hydrogens is 789 g/mol. The van der Waals surface area contributed by atoms with Gasteiger partial charge in [0, 0.05) is 19.4 Å². The highest BCUT2D eigenvalue weighted by molar-refractivity contribution is 5.70. The van der Waals surface area contributed by atoms with Crippen LogP contribution >= 0.6 is 0 Å². The van der Waals surface area contributed by atoms with Gasteiger partial charge in [0.05, 0.1) is 6.61 Å². The summed E-state index contributed by atoms with van der Waals surface area (Å²) in [4.78, 5) is 25.4. The van der Waals surface area contributed by atoms with Gasteiger partial charge in [0.15, 0.2) is 6.10 Å². The van der Waals surface area contributed by atoms with E-state index in [-0.39, 0.29) is 25.2 Å². The molecule has 0 amide bonds. The molecule has 64 heavy (non-hydrogen) atoms. The number of allylic oxidation sites excluding steroid dienone is 12. The van der Waals surface area contributed by atoms with E-state index < -0.39 is 6.10 Å². The topological polar surface area (TPSA) is 61.8 Å². The molecule has 5 nitrogen and oxygen atoms in total. The Labute approximate surface area is 397 Å². The van der Waals surface area contributed by atoms with Crippen LogP contribution < -0.4 is 0 Å². The first-order valence-corrected chi connectivity index (χ1v) is 27.5. The van der Waals surface area contributed by atoms with Crippen molar-refractivity contribution in [2.45, 2.75) is 271 Å². The molecule has 0 radical (unpaired) electrons. The van der Waals surface area contributed by atoms with Crippen molar-refractivity contribution < 1.29 is 23.8 Å². The zero-order chi connectivity index (χ0) is 46.3. The quantitative estimate of drug-likeness (QED) is 0.0346. The van der Waals surface area contributed by atoms with E-state index >= 15 is 0 Å². The van der Waals surface area contributed by atoms with Gasteiger partial charge in [-0.25, -0.2) is 0 Å². The average molecular weight is 893 g/mol. The fourth-order valence-electron chi connectivity index (χ4n) is 7.61. The van der Waals surface area contributed by atoms with Crippen molar-refractivity contribution in [1.82, 2.24) is 0 Å². The third-order valence-electron chi connectivity index (χ3n) is 11.7. The van der Waals surface area contributed by atoms with E-state index in [1.165, 1.54) is 141 Å². The molecule has 0 aliphatic carbocycles. The van der Waals surface area contributed by atoms with Crippen molar-refractivity contribution in [3.8, 4) is 0 Å². The third kappa shape index (κ3) is 52.0. The minimum atomic E-state index is -0.560. The first-order valence-electron chi connectivity index (χ1n) is 27.5. The van der Waals surface area contributed by atoms with Gasteiger partial charge < -0.3 is 14.2 Å². The second-order valence-electron chi connectivity index (χ2n) is 18.1. The van der Waals surface area contributed by atoms with Gasteiger partial charge in [-0.05, 0) is 109 Å². The molecule has 0 rings (SSSR count). The van der Waals surface area contributed by atoms with Crippen molar-refractivity contribution >= 4 is 11.9 Å². The van der Waals surface area contributed by atoms with E-state index in [1.807, 2.05) is 0 Å². The summed E-state index contributed by atoms with van der Waals surface area (Å²) in [6.07, 6.45) is 70.6. The van der Waals surface area contributed by atoms with Gasteiger partial charge in [0.2, 0.25) is 0 Å². The Morgan fingerprint density at radius 2 is 0.703 bits per heavy atom. The normalized spacial score (nSPS) is 12.7. The predicted molar refractivity (Wildman–Crippen MR) is 279 cm³/mol. The predicted octanol–water partition coefficient (Wildman–Crippen LogP) is 18.7. The standard InChI is InChI=1S/C59H104O5/c1-4-7-10-13-16-19-22-25-27-28-29-30-31-33-36-39-42-45-48-51-54-62-55-57(64-59(61)53-50-47-44-41-38-34-24-21-18-15-12-9-6-3)56-63-58(60)52-49-46-43-40-37-35-32-26-23-20-17-14-11-8-5-2/h9,12,17-18,20-21,25-27,32,34,38,57H,4-8,10-11,13-16,19,22-24,28-31,33,35-37,39-56H2,1-3H3/b12-9-,20-17-,21-18-,27-25-,32-26-,38-34-. The highest BCUT2D eigenvalue weighted by Crippen LogP contribution is 2.14. The average Bonchev–Trinajstić information content (AvgIpc) is 3.30. The Hall–Kier alpha value is -2.66. The van der Waals surface area contributed by atoms with Gasteiger partial charge in [-0.1, -0.05) is 216 Å². The van der Waals surface area contributed by atoms with E-state index in [0.29, 0.717) is 19.4 Å². The minimum Gasteiger partial charge on any atom is -0.462 e. The molecule has 370 valence electrons. The summed E-state index contributed by atoms with van der Waals surface area (Å²) >= 11 is 0. The van der Waals surface area contributed by atoms with Crippen LogP contribution in [0, 0.1) is 0 Å². The molecule has 5 heteroatoms. The lowest BCUT2D eigenvalue weighted by Crippen LogP contribution is -2.30. The highest BCUT2D eigenvalue weighted by Gasteiger charge is 2.17. The number of hydrogen-bond acceptors (Lipinski definition) is 5. The van der Waals surface area contributed by atoms with Crippen molar-refractivity contribution in [1.29, 1.82) is 0 Å². The van der Waals surface area contributed by atoms with Crippen LogP contribution in [-0.4, -0.2) is 37.9 Å². The van der Waals surface area contributed by atoms with Crippen LogP contribution in [0.25, 0.3) is 0 Å². The largest absolute Gasteiger partial charge is 0.462 e. The number of ether oxygens (including phenoxy) is 3. The van der Waals surface area contributed by atoms with Gasteiger partial charge in [-0.3, -0.25) is 9.59 Å². The molecule has 0 bridgehead atoms. The number of hydrogen-bond donors (Lipinski definition) is 0. The van der Waals surface area contributed by atoms with E-state index in [9.17, 15) is 9.59 Å². The second kappa shape index (κ2) is 54.7. The van der Waals surface area contributed by atoms with E-state index in [4.69, 9.17) is 14.2 Å². The minimum absolute atomic E-state index is 0.0644. The summed E-state index contributed by atoms with van der Waals surface area (Å²) in [5.41, 5.74) is 0. The zero-order valence-electron chi connectivity index (χ0n) is 42.5.